The Morgan fingerprint density at radius 2 is 1.80 bits per heavy atom. The molecule has 0 atom stereocenters. The number of nitrogens with two attached hydrogens (primary N) is 2. The second kappa shape index (κ2) is 8.41. The monoisotopic (exact) mass is 263 g/mol. The van der Waals surface area contributed by atoms with E-state index in [1.165, 1.54) is 10.6 Å². The van der Waals surface area contributed by atoms with E-state index in [-0.39, 0.29) is 0 Å². The van der Waals surface area contributed by atoms with Crippen molar-refractivity contribution in [1.82, 2.24) is 4.37 Å². The molecule has 4 N–H and O–H groups in total. The average Bonchev–Trinajstić information content (AvgIpc) is 2.67. The Labute approximate surface area is 104 Å². The van der Waals surface area contributed by atoms with E-state index < -0.39 is 0 Å². The van der Waals surface area contributed by atoms with Crippen LogP contribution in [0.15, 0.2) is 6.07 Å². The highest BCUT2D eigenvalue weighted by Gasteiger charge is 2.01. The van der Waals surface area contributed by atoms with E-state index in [2.05, 4.69) is 10.4 Å². The standard InChI is InChI=1S/C9H17N3S3/c10-1-3-13-6-8-5-9(15-12-8)7-14-4-2-11/h5H,1-4,6-7,10-11H2. The lowest BCUT2D eigenvalue weighted by molar-refractivity contribution is 1.14. The Hall–Kier alpha value is 0.250. The number of rotatable bonds is 8. The van der Waals surface area contributed by atoms with Gasteiger partial charge in [-0.05, 0) is 17.6 Å². The molecule has 1 heterocycles. The molecule has 0 aromatic carbocycles. The minimum atomic E-state index is 0.744. The molecule has 1 aromatic heterocycles. The van der Waals surface area contributed by atoms with E-state index in [1.54, 1.807) is 11.5 Å². The zero-order chi connectivity index (χ0) is 10.9. The van der Waals surface area contributed by atoms with Gasteiger partial charge in [-0.1, -0.05) is 0 Å². The van der Waals surface area contributed by atoms with Crippen molar-refractivity contribution in [2.45, 2.75) is 11.5 Å². The third kappa shape index (κ3) is 5.77. The third-order valence-corrected chi connectivity index (χ3v) is 4.70. The summed E-state index contributed by atoms with van der Waals surface area (Å²) in [7, 11) is 0. The fraction of sp³-hybridized carbons (Fsp3) is 0.667. The highest BCUT2D eigenvalue weighted by atomic mass is 32.2. The van der Waals surface area contributed by atoms with Gasteiger partial charge in [0.15, 0.2) is 0 Å². The molecule has 0 bridgehead atoms. The minimum Gasteiger partial charge on any atom is -0.330 e. The summed E-state index contributed by atoms with van der Waals surface area (Å²) in [5.74, 6) is 4.05. The van der Waals surface area contributed by atoms with E-state index in [4.69, 9.17) is 11.5 Å². The van der Waals surface area contributed by atoms with Crippen molar-refractivity contribution >= 4 is 35.1 Å². The van der Waals surface area contributed by atoms with Crippen LogP contribution in [-0.4, -0.2) is 29.0 Å². The number of hydrogen-bond donors (Lipinski definition) is 2. The maximum absolute atomic E-state index is 5.43. The smallest absolute Gasteiger partial charge is 0.0644 e. The second-order valence-electron chi connectivity index (χ2n) is 2.97. The van der Waals surface area contributed by atoms with E-state index >= 15 is 0 Å². The van der Waals surface area contributed by atoms with Crippen LogP contribution in [0.4, 0.5) is 0 Å². The highest BCUT2D eigenvalue weighted by Crippen LogP contribution is 2.19. The lowest BCUT2D eigenvalue weighted by Gasteiger charge is -1.95. The molecule has 0 aliphatic rings. The van der Waals surface area contributed by atoms with E-state index in [1.807, 2.05) is 23.5 Å². The maximum Gasteiger partial charge on any atom is 0.0644 e. The molecule has 15 heavy (non-hydrogen) atoms. The Morgan fingerprint density at radius 1 is 1.13 bits per heavy atom. The predicted molar refractivity (Wildman–Crippen MR) is 72.5 cm³/mol. The number of aromatic nitrogens is 1. The van der Waals surface area contributed by atoms with Crippen molar-refractivity contribution in [2.24, 2.45) is 11.5 Å². The summed E-state index contributed by atoms with van der Waals surface area (Å²) in [5, 5.41) is 0. The first kappa shape index (κ1) is 13.3. The first-order valence-electron chi connectivity index (χ1n) is 4.87. The maximum atomic E-state index is 5.43. The summed E-state index contributed by atoms with van der Waals surface area (Å²) in [5.41, 5.74) is 12.0. The molecule has 0 aliphatic carbocycles. The largest absolute Gasteiger partial charge is 0.330 e. The van der Waals surface area contributed by atoms with Crippen molar-refractivity contribution in [3.8, 4) is 0 Å². The van der Waals surface area contributed by atoms with Gasteiger partial charge < -0.3 is 11.5 Å². The van der Waals surface area contributed by atoms with Crippen LogP contribution in [0.5, 0.6) is 0 Å². The van der Waals surface area contributed by atoms with Crippen LogP contribution in [0, 0.1) is 0 Å². The molecular weight excluding hydrogens is 246 g/mol. The van der Waals surface area contributed by atoms with E-state index in [0.29, 0.717) is 0 Å². The topological polar surface area (TPSA) is 64.9 Å². The van der Waals surface area contributed by atoms with Gasteiger partial charge in [-0.25, -0.2) is 0 Å². The molecule has 0 unspecified atom stereocenters. The zero-order valence-corrected chi connectivity index (χ0v) is 11.1. The highest BCUT2D eigenvalue weighted by molar-refractivity contribution is 7.98. The van der Waals surface area contributed by atoms with Crippen LogP contribution >= 0.6 is 35.1 Å². The van der Waals surface area contributed by atoms with Crippen LogP contribution in [0.25, 0.3) is 0 Å². The van der Waals surface area contributed by atoms with Gasteiger partial charge in [-0.15, -0.1) is 0 Å². The van der Waals surface area contributed by atoms with Crippen molar-refractivity contribution in [3.05, 3.63) is 16.6 Å². The molecule has 0 saturated heterocycles. The molecule has 86 valence electrons. The molecule has 1 rings (SSSR count). The molecule has 0 aliphatic heterocycles. The SMILES string of the molecule is NCCSCc1cc(CSCCN)sn1. The number of hydrogen-bond acceptors (Lipinski definition) is 6. The van der Waals surface area contributed by atoms with Gasteiger partial charge in [-0.3, -0.25) is 0 Å². The van der Waals surface area contributed by atoms with Gasteiger partial charge in [0.2, 0.25) is 0 Å². The van der Waals surface area contributed by atoms with Crippen molar-refractivity contribution in [1.29, 1.82) is 0 Å². The lowest BCUT2D eigenvalue weighted by Crippen LogP contribution is -2.01. The van der Waals surface area contributed by atoms with Crippen LogP contribution < -0.4 is 11.5 Å². The summed E-state index contributed by atoms with van der Waals surface area (Å²) in [6.45, 7) is 1.50. The summed E-state index contributed by atoms with van der Waals surface area (Å²) in [6, 6.07) is 2.19. The van der Waals surface area contributed by atoms with Crippen molar-refractivity contribution in [3.63, 3.8) is 0 Å². The number of nitrogens with zero attached hydrogens (tertiary/aromatic N) is 1. The van der Waals surface area contributed by atoms with Gasteiger partial charge in [0.25, 0.3) is 0 Å². The number of thioether (sulfide) groups is 2. The molecule has 0 radical (unpaired) electrons. The van der Waals surface area contributed by atoms with Crippen LogP contribution in [0.3, 0.4) is 0 Å². The van der Waals surface area contributed by atoms with Crippen LogP contribution in [-0.2, 0) is 11.5 Å². The van der Waals surface area contributed by atoms with E-state index in [9.17, 15) is 0 Å². The van der Waals surface area contributed by atoms with E-state index in [0.717, 1.165) is 36.1 Å². The molecule has 0 saturated carbocycles. The van der Waals surface area contributed by atoms with Crippen molar-refractivity contribution < 1.29 is 0 Å². The van der Waals surface area contributed by atoms with Gasteiger partial charge in [0.1, 0.15) is 0 Å². The first-order valence-corrected chi connectivity index (χ1v) is 7.95. The summed E-state index contributed by atoms with van der Waals surface area (Å²) < 4.78 is 4.40. The Morgan fingerprint density at radius 3 is 2.47 bits per heavy atom. The normalized spacial score (nSPS) is 10.8. The van der Waals surface area contributed by atoms with Crippen LogP contribution in [0.1, 0.15) is 10.6 Å². The van der Waals surface area contributed by atoms with Gasteiger partial charge in [-0.2, -0.15) is 27.9 Å². The summed E-state index contributed by atoms with van der Waals surface area (Å²) in [4.78, 5) is 1.34. The van der Waals surface area contributed by atoms with Gasteiger partial charge >= 0.3 is 0 Å². The second-order valence-corrected chi connectivity index (χ2v) is 6.07. The quantitative estimate of drug-likeness (QED) is 0.696. The predicted octanol–water partition coefficient (Wildman–Crippen LogP) is 1.53. The fourth-order valence-electron chi connectivity index (χ4n) is 1.01. The summed E-state index contributed by atoms with van der Waals surface area (Å²) in [6.07, 6.45) is 0. The molecule has 0 spiro atoms. The molecule has 0 fully saturated rings. The Kier molecular flexibility index (Phi) is 7.46. The van der Waals surface area contributed by atoms with Crippen LogP contribution in [0.2, 0.25) is 0 Å². The Bertz CT molecular complexity index is 240. The molecule has 1 aromatic rings. The average molecular weight is 263 g/mol. The third-order valence-electron chi connectivity index (χ3n) is 1.63. The summed E-state index contributed by atoms with van der Waals surface area (Å²) >= 11 is 5.31. The lowest BCUT2D eigenvalue weighted by atomic mass is 10.4. The van der Waals surface area contributed by atoms with Gasteiger partial charge in [0, 0.05) is 41.0 Å². The minimum absolute atomic E-state index is 0.744. The molecule has 6 heteroatoms. The first-order chi connectivity index (χ1) is 7.36. The molecule has 0 amide bonds. The zero-order valence-electron chi connectivity index (χ0n) is 8.65. The van der Waals surface area contributed by atoms with Gasteiger partial charge in [0.05, 0.1) is 5.69 Å². The Balaban J connectivity index is 2.23. The molecule has 3 nitrogen and oxygen atoms in total. The van der Waals surface area contributed by atoms with Crippen molar-refractivity contribution in [2.75, 3.05) is 24.6 Å². The molecular formula is C9H17N3S3. The fourth-order valence-corrected chi connectivity index (χ4v) is 3.35.